The Hall–Kier alpha value is -1.67. The Kier molecular flexibility index (Phi) is 4.48. The molecule has 1 amide bonds. The van der Waals surface area contributed by atoms with E-state index in [0.717, 1.165) is 12.3 Å². The molecule has 0 aliphatic rings. The summed E-state index contributed by atoms with van der Waals surface area (Å²) in [6, 6.07) is 1.68. The van der Waals surface area contributed by atoms with Crippen LogP contribution in [0.25, 0.3) is 0 Å². The van der Waals surface area contributed by atoms with Crippen molar-refractivity contribution in [3.63, 3.8) is 0 Å². The molecule has 1 heterocycles. The van der Waals surface area contributed by atoms with E-state index in [4.69, 9.17) is 5.11 Å². The number of aliphatic hydroxyl groups is 2. The molecular formula is C11H13F3N2O3. The van der Waals surface area contributed by atoms with Gasteiger partial charge in [-0.15, -0.1) is 0 Å². The maximum atomic E-state index is 12.2. The highest BCUT2D eigenvalue weighted by Crippen LogP contribution is 2.27. The van der Waals surface area contributed by atoms with Gasteiger partial charge in [0.05, 0.1) is 12.2 Å². The molecule has 5 nitrogen and oxygen atoms in total. The van der Waals surface area contributed by atoms with Crippen molar-refractivity contribution in [2.75, 3.05) is 13.2 Å². The number of amides is 1. The topological polar surface area (TPSA) is 82.5 Å². The minimum absolute atomic E-state index is 0.0678. The average Bonchev–Trinajstić information content (AvgIpc) is 2.35. The maximum absolute atomic E-state index is 12.2. The third-order valence-corrected chi connectivity index (χ3v) is 2.29. The predicted molar refractivity (Wildman–Crippen MR) is 59.3 cm³/mol. The molecule has 8 heteroatoms. The number of carbonyl (C=O) groups is 1. The molecule has 0 aromatic carbocycles. The predicted octanol–water partition coefficient (Wildman–Crippen LogP) is 0.573. The molecule has 0 saturated carbocycles. The average molecular weight is 278 g/mol. The lowest BCUT2D eigenvalue weighted by molar-refractivity contribution is -0.141. The van der Waals surface area contributed by atoms with E-state index in [9.17, 15) is 23.1 Å². The van der Waals surface area contributed by atoms with Gasteiger partial charge in [0.2, 0.25) is 0 Å². The monoisotopic (exact) mass is 278 g/mol. The smallest absolute Gasteiger partial charge is 0.393 e. The van der Waals surface area contributed by atoms with Crippen LogP contribution in [-0.2, 0) is 6.18 Å². The fourth-order valence-corrected chi connectivity index (χ4v) is 1.12. The summed E-state index contributed by atoms with van der Waals surface area (Å²) in [4.78, 5) is 14.7. The van der Waals surface area contributed by atoms with E-state index in [2.05, 4.69) is 10.3 Å². The standard InChI is InChI=1S/C11H13F3N2O3/c1-10(19,6-17)5-16-9(18)7-2-3-8(15-4-7)11(12,13)14/h2-4,17,19H,5-6H2,1H3,(H,16,18). The molecular weight excluding hydrogens is 265 g/mol. The molecule has 0 radical (unpaired) electrons. The molecule has 1 unspecified atom stereocenters. The number of nitrogens with zero attached hydrogens (tertiary/aromatic N) is 1. The first-order valence-corrected chi connectivity index (χ1v) is 5.30. The first-order chi connectivity index (χ1) is 8.65. The second kappa shape index (κ2) is 5.54. The van der Waals surface area contributed by atoms with E-state index >= 15 is 0 Å². The highest BCUT2D eigenvalue weighted by atomic mass is 19.4. The minimum atomic E-state index is -4.56. The van der Waals surface area contributed by atoms with E-state index in [-0.39, 0.29) is 12.1 Å². The lowest BCUT2D eigenvalue weighted by atomic mass is 10.1. The van der Waals surface area contributed by atoms with Gasteiger partial charge in [0.15, 0.2) is 0 Å². The van der Waals surface area contributed by atoms with Gasteiger partial charge >= 0.3 is 6.18 Å². The maximum Gasteiger partial charge on any atom is 0.433 e. The zero-order chi connectivity index (χ0) is 14.7. The molecule has 19 heavy (non-hydrogen) atoms. The van der Waals surface area contributed by atoms with Crippen molar-refractivity contribution in [2.24, 2.45) is 0 Å². The Bertz CT molecular complexity index is 443. The first kappa shape index (κ1) is 15.4. The molecule has 0 saturated heterocycles. The van der Waals surface area contributed by atoms with Gasteiger partial charge < -0.3 is 15.5 Å². The van der Waals surface area contributed by atoms with Crippen molar-refractivity contribution in [2.45, 2.75) is 18.7 Å². The van der Waals surface area contributed by atoms with Crippen molar-refractivity contribution in [1.29, 1.82) is 0 Å². The molecule has 106 valence electrons. The second-order valence-electron chi connectivity index (χ2n) is 4.27. The number of hydrogen-bond donors (Lipinski definition) is 3. The highest BCUT2D eigenvalue weighted by molar-refractivity contribution is 5.93. The quantitative estimate of drug-likeness (QED) is 0.752. The summed E-state index contributed by atoms with van der Waals surface area (Å²) in [5.41, 5.74) is -2.65. The molecule has 0 spiro atoms. The largest absolute Gasteiger partial charge is 0.433 e. The van der Waals surface area contributed by atoms with Gasteiger partial charge in [-0.05, 0) is 19.1 Å². The Balaban J connectivity index is 2.69. The Labute approximate surface area is 107 Å². The van der Waals surface area contributed by atoms with Gasteiger partial charge in [-0.3, -0.25) is 9.78 Å². The van der Waals surface area contributed by atoms with Crippen LogP contribution in [0.5, 0.6) is 0 Å². The van der Waals surface area contributed by atoms with Crippen LogP contribution in [0, 0.1) is 0 Å². The van der Waals surface area contributed by atoms with Crippen LogP contribution in [0.1, 0.15) is 23.0 Å². The van der Waals surface area contributed by atoms with Crippen LogP contribution < -0.4 is 5.32 Å². The summed E-state index contributed by atoms with van der Waals surface area (Å²) < 4.78 is 36.7. The number of nitrogens with one attached hydrogen (secondary N) is 1. The number of rotatable bonds is 4. The van der Waals surface area contributed by atoms with Crippen LogP contribution in [0.2, 0.25) is 0 Å². The molecule has 1 aromatic heterocycles. The number of carbonyl (C=O) groups excluding carboxylic acids is 1. The molecule has 0 fully saturated rings. The fraction of sp³-hybridized carbons (Fsp3) is 0.455. The van der Waals surface area contributed by atoms with Crippen LogP contribution in [0.3, 0.4) is 0 Å². The zero-order valence-electron chi connectivity index (χ0n) is 10.0. The lowest BCUT2D eigenvalue weighted by Gasteiger charge is -2.20. The third kappa shape index (κ3) is 4.49. The van der Waals surface area contributed by atoms with Crippen molar-refractivity contribution < 1.29 is 28.2 Å². The molecule has 3 N–H and O–H groups in total. The zero-order valence-corrected chi connectivity index (χ0v) is 10.0. The SMILES string of the molecule is CC(O)(CO)CNC(=O)c1ccc(C(F)(F)F)nc1. The molecule has 0 bridgehead atoms. The Morgan fingerprint density at radius 1 is 1.42 bits per heavy atom. The van der Waals surface area contributed by atoms with Crippen molar-refractivity contribution >= 4 is 5.91 Å². The van der Waals surface area contributed by atoms with Crippen LogP contribution >= 0.6 is 0 Å². The first-order valence-electron chi connectivity index (χ1n) is 5.30. The molecule has 1 atom stereocenters. The van der Waals surface area contributed by atoms with Crippen LogP contribution in [-0.4, -0.2) is 39.9 Å². The van der Waals surface area contributed by atoms with Gasteiger partial charge in [0.25, 0.3) is 5.91 Å². The molecule has 1 aromatic rings. The Morgan fingerprint density at radius 3 is 2.47 bits per heavy atom. The van der Waals surface area contributed by atoms with E-state index in [1.54, 1.807) is 0 Å². The fourth-order valence-electron chi connectivity index (χ4n) is 1.12. The number of aliphatic hydroxyl groups excluding tert-OH is 1. The summed E-state index contributed by atoms with van der Waals surface area (Å²) in [5, 5.41) is 20.5. The summed E-state index contributed by atoms with van der Waals surface area (Å²) in [6.45, 7) is 0.514. The Morgan fingerprint density at radius 2 is 2.05 bits per heavy atom. The van der Waals surface area contributed by atoms with Crippen molar-refractivity contribution in [1.82, 2.24) is 10.3 Å². The summed E-state index contributed by atoms with van der Waals surface area (Å²) in [5.74, 6) is -0.685. The number of aromatic nitrogens is 1. The van der Waals surface area contributed by atoms with Gasteiger partial charge in [-0.1, -0.05) is 0 Å². The number of alkyl halides is 3. The van der Waals surface area contributed by atoms with E-state index in [1.165, 1.54) is 6.92 Å². The van der Waals surface area contributed by atoms with Gasteiger partial charge in [-0.25, -0.2) is 0 Å². The highest BCUT2D eigenvalue weighted by Gasteiger charge is 2.32. The van der Waals surface area contributed by atoms with Crippen molar-refractivity contribution in [3.05, 3.63) is 29.6 Å². The van der Waals surface area contributed by atoms with Crippen LogP contribution in [0.4, 0.5) is 13.2 Å². The minimum Gasteiger partial charge on any atom is -0.393 e. The normalized spacial score (nSPS) is 14.8. The van der Waals surface area contributed by atoms with Gasteiger partial charge in [0.1, 0.15) is 11.3 Å². The van der Waals surface area contributed by atoms with Crippen LogP contribution in [0.15, 0.2) is 18.3 Å². The van der Waals surface area contributed by atoms with Crippen molar-refractivity contribution in [3.8, 4) is 0 Å². The van der Waals surface area contributed by atoms with E-state index in [0.29, 0.717) is 6.07 Å². The van der Waals surface area contributed by atoms with Gasteiger partial charge in [0, 0.05) is 12.7 Å². The number of hydrogen-bond acceptors (Lipinski definition) is 4. The molecule has 0 aliphatic heterocycles. The number of halogens is 3. The van der Waals surface area contributed by atoms with Gasteiger partial charge in [-0.2, -0.15) is 13.2 Å². The van der Waals surface area contributed by atoms with E-state index in [1.807, 2.05) is 0 Å². The second-order valence-corrected chi connectivity index (χ2v) is 4.27. The molecule has 1 rings (SSSR count). The summed E-state index contributed by atoms with van der Waals surface area (Å²) in [6.07, 6.45) is -3.76. The molecule has 0 aliphatic carbocycles. The third-order valence-electron chi connectivity index (χ3n) is 2.29. The summed E-state index contributed by atoms with van der Waals surface area (Å²) in [7, 11) is 0. The lowest BCUT2D eigenvalue weighted by Crippen LogP contribution is -2.43. The van der Waals surface area contributed by atoms with E-state index < -0.39 is 30.0 Å². The number of pyridine rings is 1. The summed E-state index contributed by atoms with van der Waals surface area (Å²) >= 11 is 0.